The number of anilines is 2. The molecular formula is C26H31N3O4. The highest BCUT2D eigenvalue weighted by Crippen LogP contribution is 2.34. The van der Waals surface area contributed by atoms with Crippen molar-refractivity contribution in [2.24, 2.45) is 0 Å². The zero-order chi connectivity index (χ0) is 24.6. The van der Waals surface area contributed by atoms with Crippen LogP contribution >= 0.6 is 0 Å². The van der Waals surface area contributed by atoms with Gasteiger partial charge in [0.15, 0.2) is 0 Å². The van der Waals surface area contributed by atoms with Crippen LogP contribution in [-0.4, -0.2) is 29.6 Å². The van der Waals surface area contributed by atoms with Crippen LogP contribution in [0.2, 0.25) is 0 Å². The molecule has 2 aromatic carbocycles. The number of amides is 2. The Morgan fingerprint density at radius 2 is 1.67 bits per heavy atom. The van der Waals surface area contributed by atoms with Crippen LogP contribution in [0.1, 0.15) is 57.5 Å². The molecule has 2 amide bonds. The maximum Gasteiger partial charge on any atom is 0.414 e. The second-order valence-electron chi connectivity index (χ2n) is 10.1. The van der Waals surface area contributed by atoms with E-state index in [9.17, 15) is 14.4 Å². The number of aromatic nitrogens is 1. The van der Waals surface area contributed by atoms with Crippen LogP contribution < -0.4 is 15.6 Å². The Morgan fingerprint density at radius 1 is 1.00 bits per heavy atom. The number of nitrogens with one attached hydrogen (secondary N) is 2. The van der Waals surface area contributed by atoms with Gasteiger partial charge in [0.25, 0.3) is 5.91 Å². The van der Waals surface area contributed by atoms with Gasteiger partial charge in [0, 0.05) is 29.8 Å². The summed E-state index contributed by atoms with van der Waals surface area (Å²) >= 11 is 0. The maximum absolute atomic E-state index is 12.9. The highest BCUT2D eigenvalue weighted by molar-refractivity contribution is 6.06. The van der Waals surface area contributed by atoms with E-state index in [1.54, 1.807) is 58.2 Å². The number of hydrogen-bond acceptors (Lipinski definition) is 4. The fraction of sp³-hybridized carbons (Fsp3) is 0.346. The van der Waals surface area contributed by atoms with E-state index in [1.807, 2.05) is 32.9 Å². The van der Waals surface area contributed by atoms with Crippen LogP contribution in [0.4, 0.5) is 16.2 Å². The van der Waals surface area contributed by atoms with Gasteiger partial charge in [-0.1, -0.05) is 39.0 Å². The molecule has 0 spiro atoms. The molecule has 0 atom stereocenters. The van der Waals surface area contributed by atoms with Gasteiger partial charge in [-0.3, -0.25) is 14.5 Å². The summed E-state index contributed by atoms with van der Waals surface area (Å²) < 4.78 is 5.52. The number of carbonyl (C=O) groups excluding carboxylic acids is 2. The van der Waals surface area contributed by atoms with E-state index in [0.29, 0.717) is 22.3 Å². The zero-order valence-corrected chi connectivity index (χ0v) is 20.2. The van der Waals surface area contributed by atoms with E-state index in [0.717, 1.165) is 5.56 Å². The van der Waals surface area contributed by atoms with Gasteiger partial charge in [-0.25, -0.2) is 4.79 Å². The average Bonchev–Trinajstić information content (AvgIpc) is 2.71. The minimum atomic E-state index is -0.643. The lowest BCUT2D eigenvalue weighted by atomic mass is 9.85. The van der Waals surface area contributed by atoms with Gasteiger partial charge in [0.2, 0.25) is 5.43 Å². The predicted octanol–water partition coefficient (Wildman–Crippen LogP) is 5.45. The SMILES string of the molecule is CN(C(=O)OC(C)(C)C)c1cc(NC(=O)c2c[nH]c3ccccc3c2=O)ccc1C(C)(C)C. The summed E-state index contributed by atoms with van der Waals surface area (Å²) in [4.78, 5) is 42.9. The molecule has 0 saturated carbocycles. The lowest BCUT2D eigenvalue weighted by Gasteiger charge is -2.30. The van der Waals surface area contributed by atoms with Gasteiger partial charge in [-0.05, 0) is 56.0 Å². The summed E-state index contributed by atoms with van der Waals surface area (Å²) in [7, 11) is 1.64. The van der Waals surface area contributed by atoms with Crippen molar-refractivity contribution in [2.75, 3.05) is 17.3 Å². The van der Waals surface area contributed by atoms with Gasteiger partial charge in [0.05, 0.1) is 5.69 Å². The molecule has 7 nitrogen and oxygen atoms in total. The monoisotopic (exact) mass is 449 g/mol. The van der Waals surface area contributed by atoms with Crippen molar-refractivity contribution in [1.29, 1.82) is 0 Å². The second-order valence-corrected chi connectivity index (χ2v) is 10.1. The Balaban J connectivity index is 1.97. The van der Waals surface area contributed by atoms with Crippen LogP contribution in [0.25, 0.3) is 10.9 Å². The van der Waals surface area contributed by atoms with E-state index in [2.05, 4.69) is 10.3 Å². The molecule has 7 heteroatoms. The van der Waals surface area contributed by atoms with Crippen molar-refractivity contribution < 1.29 is 14.3 Å². The Hall–Kier alpha value is -3.61. The zero-order valence-electron chi connectivity index (χ0n) is 20.2. The number of aromatic amines is 1. The van der Waals surface area contributed by atoms with Gasteiger partial charge in [0.1, 0.15) is 11.2 Å². The number of H-pyrrole nitrogens is 1. The van der Waals surface area contributed by atoms with Crippen molar-refractivity contribution in [3.63, 3.8) is 0 Å². The Bertz CT molecular complexity index is 1260. The average molecular weight is 450 g/mol. The Labute approximate surface area is 193 Å². The van der Waals surface area contributed by atoms with Crippen molar-refractivity contribution in [3.05, 3.63) is 70.0 Å². The molecule has 174 valence electrons. The number of nitrogens with zero attached hydrogens (tertiary/aromatic N) is 1. The molecule has 0 unspecified atom stereocenters. The summed E-state index contributed by atoms with van der Waals surface area (Å²) in [5.74, 6) is -0.531. The number of hydrogen-bond donors (Lipinski definition) is 2. The number of rotatable bonds is 3. The van der Waals surface area contributed by atoms with E-state index in [-0.39, 0.29) is 16.4 Å². The lowest BCUT2D eigenvalue weighted by molar-refractivity contribution is 0.0589. The first kappa shape index (κ1) is 24.0. The number of ether oxygens (including phenoxy) is 1. The largest absolute Gasteiger partial charge is 0.443 e. The normalized spacial score (nSPS) is 11.8. The lowest BCUT2D eigenvalue weighted by Crippen LogP contribution is -2.35. The molecular weight excluding hydrogens is 418 g/mol. The maximum atomic E-state index is 12.9. The predicted molar refractivity (Wildman–Crippen MR) is 132 cm³/mol. The quantitative estimate of drug-likeness (QED) is 0.556. The van der Waals surface area contributed by atoms with Crippen molar-refractivity contribution in [2.45, 2.75) is 52.6 Å². The molecule has 0 aliphatic heterocycles. The number of pyridine rings is 1. The van der Waals surface area contributed by atoms with Gasteiger partial charge >= 0.3 is 6.09 Å². The minimum absolute atomic E-state index is 0.00986. The standard InChI is InChI=1S/C26H31N3O4/c1-25(2,3)19-13-12-16(14-21(19)29(7)24(32)33-26(4,5)6)28-23(31)18-15-27-20-11-9-8-10-17(20)22(18)30/h8-15H,1-7H3,(H,27,30)(H,28,31). The summed E-state index contributed by atoms with van der Waals surface area (Å²) in [6, 6.07) is 12.4. The van der Waals surface area contributed by atoms with E-state index >= 15 is 0 Å². The molecule has 0 radical (unpaired) electrons. The summed E-state index contributed by atoms with van der Waals surface area (Å²) in [5.41, 5.74) is 1.41. The van der Waals surface area contributed by atoms with Crippen LogP contribution in [-0.2, 0) is 10.2 Å². The fourth-order valence-corrected chi connectivity index (χ4v) is 3.48. The van der Waals surface area contributed by atoms with Crippen LogP contribution in [0.3, 0.4) is 0 Å². The topological polar surface area (TPSA) is 91.5 Å². The molecule has 0 bridgehead atoms. The third-order valence-corrected chi connectivity index (χ3v) is 5.13. The van der Waals surface area contributed by atoms with Crippen molar-refractivity contribution in [3.8, 4) is 0 Å². The van der Waals surface area contributed by atoms with Gasteiger partial charge in [-0.15, -0.1) is 0 Å². The molecule has 0 aliphatic rings. The molecule has 0 aliphatic carbocycles. The summed E-state index contributed by atoms with van der Waals surface area (Å²) in [5, 5.41) is 3.23. The first-order valence-electron chi connectivity index (χ1n) is 10.8. The van der Waals surface area contributed by atoms with Crippen molar-refractivity contribution >= 4 is 34.3 Å². The van der Waals surface area contributed by atoms with Crippen LogP contribution in [0.5, 0.6) is 0 Å². The Kier molecular flexibility index (Phi) is 6.36. The molecule has 33 heavy (non-hydrogen) atoms. The van der Waals surface area contributed by atoms with E-state index in [4.69, 9.17) is 4.74 Å². The van der Waals surface area contributed by atoms with Crippen molar-refractivity contribution in [1.82, 2.24) is 4.98 Å². The Morgan fingerprint density at radius 3 is 2.30 bits per heavy atom. The first-order chi connectivity index (χ1) is 15.3. The molecule has 3 aromatic rings. The second kappa shape index (κ2) is 8.73. The number of carbonyl (C=O) groups is 2. The molecule has 3 rings (SSSR count). The van der Waals surface area contributed by atoms with Gasteiger partial charge < -0.3 is 15.0 Å². The van der Waals surface area contributed by atoms with Crippen LogP contribution in [0, 0.1) is 0 Å². The third kappa shape index (κ3) is 5.42. The van der Waals surface area contributed by atoms with Crippen LogP contribution in [0.15, 0.2) is 53.5 Å². The molecule has 0 saturated heterocycles. The third-order valence-electron chi connectivity index (χ3n) is 5.13. The number of fused-ring (bicyclic) bond motifs is 1. The highest BCUT2D eigenvalue weighted by atomic mass is 16.6. The summed E-state index contributed by atoms with van der Waals surface area (Å²) in [6.07, 6.45) is 0.916. The first-order valence-corrected chi connectivity index (χ1v) is 10.8. The molecule has 1 aromatic heterocycles. The minimum Gasteiger partial charge on any atom is -0.443 e. The van der Waals surface area contributed by atoms with E-state index < -0.39 is 17.6 Å². The highest BCUT2D eigenvalue weighted by Gasteiger charge is 2.26. The number of benzene rings is 2. The number of para-hydroxylation sites is 1. The summed E-state index contributed by atoms with van der Waals surface area (Å²) in [6.45, 7) is 11.5. The molecule has 1 heterocycles. The fourth-order valence-electron chi connectivity index (χ4n) is 3.48. The molecule has 2 N–H and O–H groups in total. The molecule has 0 fully saturated rings. The van der Waals surface area contributed by atoms with E-state index in [1.165, 1.54) is 11.1 Å². The van der Waals surface area contributed by atoms with Gasteiger partial charge in [-0.2, -0.15) is 0 Å². The smallest absolute Gasteiger partial charge is 0.414 e.